The number of aromatic nitrogens is 4. The van der Waals surface area contributed by atoms with Crippen molar-refractivity contribution in [2.45, 2.75) is 13.8 Å². The summed E-state index contributed by atoms with van der Waals surface area (Å²) < 4.78 is 0. The zero-order valence-electron chi connectivity index (χ0n) is 13.8. The number of nitrogens with two attached hydrogens (primary N) is 1. The molecule has 11 heteroatoms. The Balaban J connectivity index is 1.81. The number of hydrogen-bond acceptors (Lipinski definition) is 10. The quantitative estimate of drug-likeness (QED) is 0.409. The predicted octanol–water partition coefficient (Wildman–Crippen LogP) is 2.60. The molecule has 3 heterocycles. The van der Waals surface area contributed by atoms with Gasteiger partial charge in [-0.25, -0.2) is 4.98 Å². The van der Waals surface area contributed by atoms with Crippen molar-refractivity contribution in [1.82, 2.24) is 19.9 Å². The van der Waals surface area contributed by atoms with E-state index in [4.69, 9.17) is 10.6 Å². The third-order valence-corrected chi connectivity index (χ3v) is 4.59. The number of oxime groups is 1. The van der Waals surface area contributed by atoms with E-state index in [0.29, 0.717) is 5.71 Å². The number of rotatable bonds is 5. The molecule has 2 N–H and O–H groups in total. The molecule has 0 aliphatic rings. The SMILES string of the molecule is CC(=NOc1ncc([N+](=O)[O-])c(N)n1)c1sc(-c2cccnc2)nc1C. The zero-order chi connectivity index (χ0) is 18.7. The van der Waals surface area contributed by atoms with Gasteiger partial charge in [0.25, 0.3) is 0 Å². The van der Waals surface area contributed by atoms with Crippen molar-refractivity contribution in [2.24, 2.45) is 5.16 Å². The number of hydrogen-bond donors (Lipinski definition) is 1. The van der Waals surface area contributed by atoms with Crippen LogP contribution in [-0.4, -0.2) is 30.6 Å². The second-order valence-corrected chi connectivity index (χ2v) is 6.12. The average molecular weight is 371 g/mol. The summed E-state index contributed by atoms with van der Waals surface area (Å²) in [6.45, 7) is 3.62. The molecule has 0 radical (unpaired) electrons. The fraction of sp³-hybridized carbons (Fsp3) is 0.133. The molecular weight excluding hydrogens is 358 g/mol. The summed E-state index contributed by atoms with van der Waals surface area (Å²) in [4.78, 5) is 32.0. The minimum absolute atomic E-state index is 0.179. The Kier molecular flexibility index (Phi) is 4.80. The lowest BCUT2D eigenvalue weighted by Gasteiger charge is -2.00. The van der Waals surface area contributed by atoms with Crippen LogP contribution in [0.5, 0.6) is 6.01 Å². The third kappa shape index (κ3) is 3.62. The lowest BCUT2D eigenvalue weighted by Crippen LogP contribution is -2.03. The molecule has 0 unspecified atom stereocenters. The Hall–Kier alpha value is -3.47. The van der Waals surface area contributed by atoms with Gasteiger partial charge in [0.2, 0.25) is 5.82 Å². The van der Waals surface area contributed by atoms with Gasteiger partial charge in [-0.1, -0.05) is 5.16 Å². The first-order chi connectivity index (χ1) is 12.5. The van der Waals surface area contributed by atoms with Gasteiger partial charge in [-0.3, -0.25) is 15.1 Å². The summed E-state index contributed by atoms with van der Waals surface area (Å²) in [5, 5.41) is 15.5. The first-order valence-corrected chi connectivity index (χ1v) is 8.14. The summed E-state index contributed by atoms with van der Waals surface area (Å²) in [5.41, 5.74) is 7.37. The smallest absolute Gasteiger partial charge is 0.348 e. The van der Waals surface area contributed by atoms with Gasteiger partial charge < -0.3 is 10.6 Å². The summed E-state index contributed by atoms with van der Waals surface area (Å²) in [7, 11) is 0. The molecule has 0 aromatic carbocycles. The molecule has 0 spiro atoms. The molecule has 3 rings (SSSR count). The first kappa shape index (κ1) is 17.4. The minimum atomic E-state index is -0.672. The van der Waals surface area contributed by atoms with Gasteiger partial charge in [-0.15, -0.1) is 11.3 Å². The van der Waals surface area contributed by atoms with Gasteiger partial charge >= 0.3 is 11.7 Å². The number of nitro groups is 1. The van der Waals surface area contributed by atoms with Gasteiger partial charge in [0.05, 0.1) is 21.2 Å². The van der Waals surface area contributed by atoms with Crippen LogP contribution in [0.2, 0.25) is 0 Å². The lowest BCUT2D eigenvalue weighted by molar-refractivity contribution is -0.384. The van der Waals surface area contributed by atoms with Gasteiger partial charge in [0.15, 0.2) is 0 Å². The maximum atomic E-state index is 10.7. The average Bonchev–Trinajstić information content (AvgIpc) is 3.02. The molecule has 10 nitrogen and oxygen atoms in total. The molecule has 0 saturated heterocycles. The Morgan fingerprint density at radius 1 is 1.38 bits per heavy atom. The maximum absolute atomic E-state index is 10.7. The Morgan fingerprint density at radius 3 is 2.85 bits per heavy atom. The van der Waals surface area contributed by atoms with Crippen LogP contribution in [-0.2, 0) is 0 Å². The predicted molar refractivity (Wildman–Crippen MR) is 96.0 cm³/mol. The number of thiazole rings is 1. The molecule has 26 heavy (non-hydrogen) atoms. The van der Waals surface area contributed by atoms with Crippen molar-refractivity contribution in [1.29, 1.82) is 0 Å². The number of pyridine rings is 1. The van der Waals surface area contributed by atoms with Crippen molar-refractivity contribution in [2.75, 3.05) is 5.73 Å². The minimum Gasteiger partial charge on any atom is -0.378 e. The maximum Gasteiger partial charge on any atom is 0.348 e. The number of nitrogen functional groups attached to an aromatic ring is 1. The lowest BCUT2D eigenvalue weighted by atomic mass is 10.3. The van der Waals surface area contributed by atoms with E-state index >= 15 is 0 Å². The molecule has 132 valence electrons. The molecule has 0 aliphatic carbocycles. The highest BCUT2D eigenvalue weighted by atomic mass is 32.1. The molecule has 0 amide bonds. The molecule has 0 bridgehead atoms. The Labute approximate surface area is 151 Å². The van der Waals surface area contributed by atoms with Crippen LogP contribution < -0.4 is 10.6 Å². The highest BCUT2D eigenvalue weighted by Crippen LogP contribution is 2.28. The van der Waals surface area contributed by atoms with Crippen LogP contribution in [0, 0.1) is 17.0 Å². The summed E-state index contributed by atoms with van der Waals surface area (Å²) in [5.74, 6) is -0.291. The first-order valence-electron chi connectivity index (χ1n) is 7.32. The van der Waals surface area contributed by atoms with E-state index in [1.54, 1.807) is 19.3 Å². The molecule has 0 saturated carbocycles. The number of aryl methyl sites for hydroxylation is 1. The van der Waals surface area contributed by atoms with Crippen LogP contribution in [0.4, 0.5) is 11.5 Å². The van der Waals surface area contributed by atoms with E-state index in [9.17, 15) is 10.1 Å². The van der Waals surface area contributed by atoms with E-state index < -0.39 is 10.6 Å². The van der Waals surface area contributed by atoms with Crippen molar-refractivity contribution >= 4 is 28.6 Å². The summed E-state index contributed by atoms with van der Waals surface area (Å²) in [6.07, 6.45) is 4.40. The van der Waals surface area contributed by atoms with Crippen LogP contribution in [0.1, 0.15) is 17.5 Å². The fourth-order valence-corrected chi connectivity index (χ4v) is 3.04. The topological polar surface area (TPSA) is 142 Å². The fourth-order valence-electron chi connectivity index (χ4n) is 2.05. The van der Waals surface area contributed by atoms with E-state index in [1.165, 1.54) is 11.3 Å². The molecule has 3 aromatic heterocycles. The van der Waals surface area contributed by atoms with E-state index in [1.807, 2.05) is 19.1 Å². The Bertz CT molecular complexity index is 988. The zero-order valence-corrected chi connectivity index (χ0v) is 14.6. The van der Waals surface area contributed by atoms with Gasteiger partial charge in [0, 0.05) is 18.0 Å². The largest absolute Gasteiger partial charge is 0.378 e. The van der Waals surface area contributed by atoms with Gasteiger partial charge in [-0.2, -0.15) is 9.97 Å². The van der Waals surface area contributed by atoms with Crippen LogP contribution in [0.25, 0.3) is 10.6 Å². The van der Waals surface area contributed by atoms with Gasteiger partial charge in [-0.05, 0) is 26.0 Å². The van der Waals surface area contributed by atoms with Crippen molar-refractivity contribution in [3.05, 3.63) is 51.4 Å². The molecule has 0 atom stereocenters. The molecule has 0 aliphatic heterocycles. The van der Waals surface area contributed by atoms with E-state index in [-0.39, 0.29) is 11.8 Å². The van der Waals surface area contributed by atoms with Crippen molar-refractivity contribution < 1.29 is 9.76 Å². The van der Waals surface area contributed by atoms with Crippen LogP contribution >= 0.6 is 11.3 Å². The van der Waals surface area contributed by atoms with Crippen LogP contribution in [0.15, 0.2) is 35.9 Å². The highest BCUT2D eigenvalue weighted by Gasteiger charge is 2.16. The highest BCUT2D eigenvalue weighted by molar-refractivity contribution is 7.17. The summed E-state index contributed by atoms with van der Waals surface area (Å²) >= 11 is 1.45. The van der Waals surface area contributed by atoms with Crippen LogP contribution in [0.3, 0.4) is 0 Å². The number of anilines is 1. The Morgan fingerprint density at radius 2 is 2.19 bits per heavy atom. The third-order valence-electron chi connectivity index (χ3n) is 3.27. The van der Waals surface area contributed by atoms with E-state index in [2.05, 4.69) is 25.1 Å². The van der Waals surface area contributed by atoms with E-state index in [0.717, 1.165) is 27.3 Å². The number of nitrogens with zero attached hydrogens (tertiary/aromatic N) is 6. The second kappa shape index (κ2) is 7.19. The standard InChI is InChI=1S/C15H13N7O3S/c1-8-12(26-14(19-8)10-4-3-5-17-6-10)9(2)21-25-15-18-7-11(22(23)24)13(16)20-15/h3-7H,1-2H3,(H2,16,18,20). The molecule has 3 aromatic rings. The monoisotopic (exact) mass is 371 g/mol. The normalized spacial score (nSPS) is 11.4. The molecular formula is C15H13N7O3S. The second-order valence-electron chi connectivity index (χ2n) is 5.12. The van der Waals surface area contributed by atoms with Gasteiger partial charge in [0.1, 0.15) is 11.2 Å². The van der Waals surface area contributed by atoms with Crippen molar-refractivity contribution in [3.63, 3.8) is 0 Å². The molecule has 0 fully saturated rings. The summed E-state index contributed by atoms with van der Waals surface area (Å²) in [6, 6.07) is 3.58. The van der Waals surface area contributed by atoms with Crippen molar-refractivity contribution in [3.8, 4) is 16.6 Å².